The van der Waals surface area contributed by atoms with E-state index >= 15 is 0 Å². The normalized spacial score (nSPS) is 14.3. The minimum absolute atomic E-state index is 0.0704. The number of amides is 1. The molecule has 0 aliphatic carbocycles. The summed E-state index contributed by atoms with van der Waals surface area (Å²) in [5, 5.41) is 2.73. The lowest BCUT2D eigenvalue weighted by atomic mass is 10.2. The third-order valence-electron chi connectivity index (χ3n) is 5.19. The van der Waals surface area contributed by atoms with Gasteiger partial charge in [-0.15, -0.1) is 0 Å². The monoisotopic (exact) mass is 419 g/mol. The van der Waals surface area contributed by atoms with Crippen LogP contribution in [-0.4, -0.2) is 49.6 Å². The molecular formula is C24H25N3O4. The molecule has 1 aliphatic heterocycles. The Balaban J connectivity index is 1.22. The van der Waals surface area contributed by atoms with Gasteiger partial charge < -0.3 is 19.4 Å². The van der Waals surface area contributed by atoms with E-state index < -0.39 is 11.9 Å². The minimum atomic E-state index is -0.665. The zero-order chi connectivity index (χ0) is 21.5. The number of nitrogens with zero attached hydrogens (tertiary/aromatic N) is 2. The fraction of sp³-hybridized carbons (Fsp3) is 0.250. The molecule has 1 aromatic heterocycles. The molecule has 0 spiro atoms. The van der Waals surface area contributed by atoms with E-state index in [4.69, 9.17) is 9.15 Å². The minimum Gasteiger partial charge on any atom is -0.457 e. The average Bonchev–Trinajstić information content (AvgIpc) is 3.35. The van der Waals surface area contributed by atoms with Crippen molar-refractivity contribution in [1.82, 2.24) is 4.90 Å². The van der Waals surface area contributed by atoms with Gasteiger partial charge in [0.05, 0.1) is 6.26 Å². The number of hydrogen-bond donors (Lipinski definition) is 1. The molecule has 0 bridgehead atoms. The number of esters is 1. The second-order valence-corrected chi connectivity index (χ2v) is 7.40. The highest BCUT2D eigenvalue weighted by atomic mass is 16.5. The molecule has 4 rings (SSSR count). The molecule has 2 aromatic carbocycles. The number of ether oxygens (including phenoxy) is 1. The van der Waals surface area contributed by atoms with Crippen molar-refractivity contribution in [3.63, 3.8) is 0 Å². The smallest absolute Gasteiger partial charge is 0.374 e. The van der Waals surface area contributed by atoms with E-state index in [0.29, 0.717) is 5.69 Å². The summed E-state index contributed by atoms with van der Waals surface area (Å²) in [5.41, 5.74) is 3.12. The van der Waals surface area contributed by atoms with Crippen LogP contribution in [0.4, 0.5) is 11.4 Å². The predicted octanol–water partition coefficient (Wildman–Crippen LogP) is 3.40. The lowest BCUT2D eigenvalue weighted by Gasteiger charge is -2.36. The van der Waals surface area contributed by atoms with Gasteiger partial charge in [-0.25, -0.2) is 4.79 Å². The van der Waals surface area contributed by atoms with Crippen molar-refractivity contribution in [2.24, 2.45) is 0 Å². The maximum atomic E-state index is 12.0. The van der Waals surface area contributed by atoms with E-state index in [1.54, 1.807) is 6.07 Å². The second-order valence-electron chi connectivity index (χ2n) is 7.40. The zero-order valence-electron chi connectivity index (χ0n) is 17.2. The van der Waals surface area contributed by atoms with Crippen LogP contribution >= 0.6 is 0 Å². The Hall–Kier alpha value is -3.58. The molecule has 0 atom stereocenters. The van der Waals surface area contributed by atoms with Gasteiger partial charge in [0.1, 0.15) is 0 Å². The van der Waals surface area contributed by atoms with E-state index in [9.17, 15) is 9.59 Å². The van der Waals surface area contributed by atoms with Crippen molar-refractivity contribution in [2.45, 2.75) is 6.54 Å². The summed E-state index contributed by atoms with van der Waals surface area (Å²) in [6.45, 7) is 4.54. The molecule has 0 unspecified atom stereocenters. The van der Waals surface area contributed by atoms with Gasteiger partial charge in [0, 0.05) is 44.1 Å². The average molecular weight is 419 g/mol. The second kappa shape index (κ2) is 9.95. The Kier molecular flexibility index (Phi) is 6.64. The number of hydrogen-bond acceptors (Lipinski definition) is 6. The lowest BCUT2D eigenvalue weighted by Crippen LogP contribution is -2.45. The number of rotatable bonds is 7. The quantitative estimate of drug-likeness (QED) is 0.592. The van der Waals surface area contributed by atoms with Crippen LogP contribution in [0.25, 0.3) is 0 Å². The van der Waals surface area contributed by atoms with Crippen LogP contribution in [-0.2, 0) is 16.1 Å². The lowest BCUT2D eigenvalue weighted by molar-refractivity contribution is -0.119. The van der Waals surface area contributed by atoms with Gasteiger partial charge >= 0.3 is 5.97 Å². The van der Waals surface area contributed by atoms with E-state index in [2.05, 4.69) is 39.4 Å². The number of piperazine rings is 1. The van der Waals surface area contributed by atoms with Crippen LogP contribution in [0.5, 0.6) is 0 Å². The topological polar surface area (TPSA) is 75.0 Å². The Morgan fingerprint density at radius 2 is 1.65 bits per heavy atom. The first-order valence-corrected chi connectivity index (χ1v) is 10.3. The molecule has 1 aliphatic rings. The first kappa shape index (κ1) is 20.7. The summed E-state index contributed by atoms with van der Waals surface area (Å²) in [4.78, 5) is 28.5. The molecule has 1 fully saturated rings. The number of carbonyl (C=O) groups excluding carboxylic acids is 2. The summed E-state index contributed by atoms with van der Waals surface area (Å²) < 4.78 is 9.87. The number of benzene rings is 2. The molecule has 31 heavy (non-hydrogen) atoms. The number of carbonyl (C=O) groups is 2. The van der Waals surface area contributed by atoms with E-state index in [1.165, 1.54) is 17.9 Å². The first-order valence-electron chi connectivity index (χ1n) is 10.3. The van der Waals surface area contributed by atoms with Gasteiger partial charge in [-0.1, -0.05) is 30.3 Å². The largest absolute Gasteiger partial charge is 0.457 e. The van der Waals surface area contributed by atoms with Crippen molar-refractivity contribution < 1.29 is 18.7 Å². The molecule has 7 heteroatoms. The Morgan fingerprint density at radius 1 is 0.903 bits per heavy atom. The Morgan fingerprint density at radius 3 is 2.32 bits per heavy atom. The molecule has 2 heterocycles. The molecule has 7 nitrogen and oxygen atoms in total. The molecule has 0 radical (unpaired) electrons. The molecule has 1 N–H and O–H groups in total. The van der Waals surface area contributed by atoms with Gasteiger partial charge in [-0.3, -0.25) is 9.69 Å². The number of furan rings is 1. The summed E-state index contributed by atoms with van der Waals surface area (Å²) in [6, 6.07) is 21.3. The molecule has 0 saturated carbocycles. The molecule has 1 saturated heterocycles. The van der Waals surface area contributed by atoms with Gasteiger partial charge in [-0.2, -0.15) is 0 Å². The van der Waals surface area contributed by atoms with Gasteiger partial charge in [0.25, 0.3) is 5.91 Å². The van der Waals surface area contributed by atoms with E-state index in [0.717, 1.165) is 38.4 Å². The third kappa shape index (κ3) is 5.73. The van der Waals surface area contributed by atoms with Crippen LogP contribution < -0.4 is 10.2 Å². The van der Waals surface area contributed by atoms with Crippen LogP contribution in [0.15, 0.2) is 77.4 Å². The summed E-state index contributed by atoms with van der Waals surface area (Å²) in [5.74, 6) is -0.995. The zero-order valence-corrected chi connectivity index (χ0v) is 17.2. The van der Waals surface area contributed by atoms with Gasteiger partial charge in [0.15, 0.2) is 6.61 Å². The SMILES string of the molecule is O=C(COC(=O)c1ccco1)Nc1ccc(N2CCN(Cc3ccccc3)CC2)cc1. The summed E-state index contributed by atoms with van der Waals surface area (Å²) >= 11 is 0. The summed E-state index contributed by atoms with van der Waals surface area (Å²) in [6.07, 6.45) is 1.38. The van der Waals surface area contributed by atoms with Crippen molar-refractivity contribution in [3.8, 4) is 0 Å². The highest BCUT2D eigenvalue weighted by molar-refractivity contribution is 5.94. The predicted molar refractivity (Wildman–Crippen MR) is 118 cm³/mol. The maximum Gasteiger partial charge on any atom is 0.374 e. The Labute approximate surface area is 181 Å². The van der Waals surface area contributed by atoms with Crippen LogP contribution in [0, 0.1) is 0 Å². The standard InChI is InChI=1S/C24H25N3O4/c28-23(18-31-24(29)22-7-4-16-30-22)25-20-8-10-21(11-9-20)27-14-12-26(13-15-27)17-19-5-2-1-3-6-19/h1-11,16H,12-15,17-18H2,(H,25,28). The number of anilines is 2. The van der Waals surface area contributed by atoms with Crippen LogP contribution in [0.2, 0.25) is 0 Å². The molecular weight excluding hydrogens is 394 g/mol. The highest BCUT2D eigenvalue weighted by Gasteiger charge is 2.17. The van der Waals surface area contributed by atoms with Crippen molar-refractivity contribution >= 4 is 23.3 Å². The van der Waals surface area contributed by atoms with Crippen molar-refractivity contribution in [2.75, 3.05) is 43.0 Å². The highest BCUT2D eigenvalue weighted by Crippen LogP contribution is 2.20. The van der Waals surface area contributed by atoms with Crippen molar-refractivity contribution in [3.05, 3.63) is 84.3 Å². The fourth-order valence-electron chi connectivity index (χ4n) is 3.56. The van der Waals surface area contributed by atoms with E-state index in [-0.39, 0.29) is 12.4 Å². The third-order valence-corrected chi connectivity index (χ3v) is 5.19. The fourth-order valence-corrected chi connectivity index (χ4v) is 3.56. The van der Waals surface area contributed by atoms with Crippen molar-refractivity contribution in [1.29, 1.82) is 0 Å². The molecule has 1 amide bonds. The number of nitrogens with one attached hydrogen (secondary N) is 1. The maximum absolute atomic E-state index is 12.0. The molecule has 3 aromatic rings. The first-order chi connectivity index (χ1) is 15.2. The van der Waals surface area contributed by atoms with E-state index in [1.807, 2.05) is 30.3 Å². The summed E-state index contributed by atoms with van der Waals surface area (Å²) in [7, 11) is 0. The van der Waals surface area contributed by atoms with Gasteiger partial charge in [0.2, 0.25) is 5.76 Å². The Bertz CT molecular complexity index is 979. The molecule has 160 valence electrons. The van der Waals surface area contributed by atoms with Crippen LogP contribution in [0.1, 0.15) is 16.1 Å². The van der Waals surface area contributed by atoms with Gasteiger partial charge in [-0.05, 0) is 42.0 Å². The van der Waals surface area contributed by atoms with Crippen LogP contribution in [0.3, 0.4) is 0 Å².